The maximum atomic E-state index is 11.9. The van der Waals surface area contributed by atoms with E-state index in [4.69, 9.17) is 4.74 Å². The third-order valence-electron chi connectivity index (χ3n) is 3.53. The summed E-state index contributed by atoms with van der Waals surface area (Å²) in [4.78, 5) is 20.4. The second-order valence-electron chi connectivity index (χ2n) is 7.11. The van der Waals surface area contributed by atoms with E-state index >= 15 is 0 Å². The van der Waals surface area contributed by atoms with Crippen LogP contribution in [-0.4, -0.2) is 42.3 Å². The Balaban J connectivity index is 0.00000676. The summed E-state index contributed by atoms with van der Waals surface area (Å²) in [5.41, 5.74) is 0.434. The van der Waals surface area contributed by atoms with Gasteiger partial charge in [-0.15, -0.1) is 24.0 Å². The van der Waals surface area contributed by atoms with Gasteiger partial charge in [-0.25, -0.2) is 4.79 Å². The summed E-state index contributed by atoms with van der Waals surface area (Å²) < 4.78 is 5.30. The summed E-state index contributed by atoms with van der Waals surface area (Å²) in [5, 5.41) is 9.45. The maximum absolute atomic E-state index is 11.9. The molecule has 1 unspecified atom stereocenters. The van der Waals surface area contributed by atoms with Gasteiger partial charge in [0.15, 0.2) is 5.96 Å². The number of rotatable bonds is 8. The van der Waals surface area contributed by atoms with Crippen LogP contribution in [0.2, 0.25) is 0 Å². The number of amides is 1. The molecule has 0 bridgehead atoms. The molecule has 8 heteroatoms. The lowest BCUT2D eigenvalue weighted by atomic mass is 10.1. The van der Waals surface area contributed by atoms with E-state index in [2.05, 4.69) is 32.9 Å². The van der Waals surface area contributed by atoms with Crippen LogP contribution in [0.4, 0.5) is 4.79 Å². The van der Waals surface area contributed by atoms with Crippen molar-refractivity contribution in [1.29, 1.82) is 0 Å². The molecule has 7 nitrogen and oxygen atoms in total. The number of aliphatic imine (C=N–C) groups is 1. The first-order valence-electron chi connectivity index (χ1n) is 9.18. The molecule has 0 aliphatic carbocycles. The van der Waals surface area contributed by atoms with E-state index < -0.39 is 11.7 Å². The number of alkyl carbamates (subject to hydrolysis) is 1. The Morgan fingerprint density at radius 1 is 1.30 bits per heavy atom. The number of aromatic nitrogens is 1. The lowest BCUT2D eigenvalue weighted by molar-refractivity contribution is 0.0523. The van der Waals surface area contributed by atoms with Crippen molar-refractivity contribution in [3.63, 3.8) is 0 Å². The molecule has 0 spiro atoms. The van der Waals surface area contributed by atoms with Crippen LogP contribution in [-0.2, 0) is 11.3 Å². The second-order valence-corrected chi connectivity index (χ2v) is 7.11. The highest BCUT2D eigenvalue weighted by Gasteiger charge is 2.18. The summed E-state index contributed by atoms with van der Waals surface area (Å²) in [6, 6.07) is 5.87. The average Bonchev–Trinajstić information content (AvgIpc) is 2.59. The number of hydrogen-bond donors (Lipinski definition) is 3. The molecule has 1 aromatic rings. The first kappa shape index (κ1) is 25.4. The summed E-state index contributed by atoms with van der Waals surface area (Å²) >= 11 is 0. The van der Waals surface area contributed by atoms with Gasteiger partial charge in [-0.2, -0.15) is 0 Å². The zero-order valence-corrected chi connectivity index (χ0v) is 19.4. The number of pyridine rings is 1. The van der Waals surface area contributed by atoms with Gasteiger partial charge < -0.3 is 20.7 Å². The summed E-state index contributed by atoms with van der Waals surface area (Å²) in [6.07, 6.45) is 4.44. The molecule has 1 amide bonds. The normalized spacial score (nSPS) is 12.6. The second kappa shape index (κ2) is 13.6. The Morgan fingerprint density at radius 3 is 2.59 bits per heavy atom. The van der Waals surface area contributed by atoms with Crippen LogP contribution in [0.5, 0.6) is 0 Å². The van der Waals surface area contributed by atoms with Crippen LogP contribution in [0.1, 0.15) is 52.7 Å². The minimum Gasteiger partial charge on any atom is -0.444 e. The van der Waals surface area contributed by atoms with Gasteiger partial charge in [-0.1, -0.05) is 25.8 Å². The number of halogens is 1. The SMILES string of the molecule is CCCCC(CNC(=O)OC(C)(C)C)NC(=NC)NCc1ccccn1.I. The highest BCUT2D eigenvalue weighted by atomic mass is 127. The molecule has 1 heterocycles. The van der Waals surface area contributed by atoms with Crippen molar-refractivity contribution >= 4 is 36.0 Å². The largest absolute Gasteiger partial charge is 0.444 e. The van der Waals surface area contributed by atoms with E-state index in [-0.39, 0.29) is 30.0 Å². The number of nitrogens with one attached hydrogen (secondary N) is 3. The molecule has 27 heavy (non-hydrogen) atoms. The van der Waals surface area contributed by atoms with Crippen LogP contribution in [0, 0.1) is 0 Å². The quantitative estimate of drug-likeness (QED) is 0.295. The van der Waals surface area contributed by atoms with Gasteiger partial charge >= 0.3 is 6.09 Å². The van der Waals surface area contributed by atoms with E-state index in [0.717, 1.165) is 25.0 Å². The summed E-state index contributed by atoms with van der Waals surface area (Å²) in [6.45, 7) is 8.75. The van der Waals surface area contributed by atoms with Crippen molar-refractivity contribution in [3.8, 4) is 0 Å². The monoisotopic (exact) mass is 491 g/mol. The average molecular weight is 491 g/mol. The number of carbonyl (C=O) groups is 1. The van der Waals surface area contributed by atoms with Crippen LogP contribution in [0.3, 0.4) is 0 Å². The molecule has 1 rings (SSSR count). The first-order valence-corrected chi connectivity index (χ1v) is 9.18. The van der Waals surface area contributed by atoms with Crippen LogP contribution in [0.25, 0.3) is 0 Å². The number of carbonyl (C=O) groups excluding carboxylic acids is 1. The van der Waals surface area contributed by atoms with Crippen molar-refractivity contribution in [2.24, 2.45) is 4.99 Å². The molecule has 0 fully saturated rings. The number of guanidine groups is 1. The molecule has 3 N–H and O–H groups in total. The number of ether oxygens (including phenoxy) is 1. The van der Waals surface area contributed by atoms with Gasteiger partial charge in [0.1, 0.15) is 5.60 Å². The van der Waals surface area contributed by atoms with Gasteiger partial charge in [0, 0.05) is 25.8 Å². The van der Waals surface area contributed by atoms with Gasteiger partial charge in [-0.3, -0.25) is 9.98 Å². The molecule has 0 saturated carbocycles. The lowest BCUT2D eigenvalue weighted by Gasteiger charge is -2.24. The van der Waals surface area contributed by atoms with Gasteiger partial charge in [0.2, 0.25) is 0 Å². The predicted molar refractivity (Wildman–Crippen MR) is 121 cm³/mol. The van der Waals surface area contributed by atoms with E-state index in [0.29, 0.717) is 19.0 Å². The van der Waals surface area contributed by atoms with Gasteiger partial charge in [0.05, 0.1) is 12.2 Å². The van der Waals surface area contributed by atoms with Crippen molar-refractivity contribution in [1.82, 2.24) is 20.9 Å². The Labute approximate surface area is 180 Å². The molecule has 0 aromatic carbocycles. The number of hydrogen-bond acceptors (Lipinski definition) is 4. The molecule has 1 atom stereocenters. The van der Waals surface area contributed by atoms with Crippen molar-refractivity contribution in [3.05, 3.63) is 30.1 Å². The Bertz CT molecular complexity index is 561. The zero-order chi connectivity index (χ0) is 19.4. The summed E-state index contributed by atoms with van der Waals surface area (Å²) in [7, 11) is 1.73. The number of nitrogens with zero attached hydrogens (tertiary/aromatic N) is 2. The van der Waals surface area contributed by atoms with E-state index in [1.165, 1.54) is 0 Å². The lowest BCUT2D eigenvalue weighted by Crippen LogP contribution is -2.48. The standard InChI is InChI=1S/C19H33N5O2.HI/c1-6-7-10-16(14-23-18(25)26-19(2,3)4)24-17(20-5)22-13-15-11-8-9-12-21-15;/h8-9,11-12,16H,6-7,10,13-14H2,1-5H3,(H,23,25)(H2,20,22,24);1H. The third-order valence-corrected chi connectivity index (χ3v) is 3.53. The fraction of sp³-hybridized carbons (Fsp3) is 0.632. The molecular formula is C19H34IN5O2. The highest BCUT2D eigenvalue weighted by Crippen LogP contribution is 2.07. The van der Waals surface area contributed by atoms with Crippen LogP contribution in [0.15, 0.2) is 29.4 Å². The van der Waals surface area contributed by atoms with E-state index in [1.807, 2.05) is 39.0 Å². The first-order chi connectivity index (χ1) is 12.3. The van der Waals surface area contributed by atoms with Gasteiger partial charge in [-0.05, 0) is 39.3 Å². The molecule has 154 valence electrons. The molecule has 1 aromatic heterocycles. The van der Waals surface area contributed by atoms with Crippen molar-refractivity contribution in [2.75, 3.05) is 13.6 Å². The van der Waals surface area contributed by atoms with E-state index in [1.54, 1.807) is 13.2 Å². The predicted octanol–water partition coefficient (Wildman–Crippen LogP) is 3.45. The number of unbranched alkanes of at least 4 members (excludes halogenated alkanes) is 1. The Kier molecular flexibility index (Phi) is 12.8. The smallest absolute Gasteiger partial charge is 0.407 e. The molecule has 0 radical (unpaired) electrons. The highest BCUT2D eigenvalue weighted by molar-refractivity contribution is 14.0. The maximum Gasteiger partial charge on any atom is 0.407 e. The minimum atomic E-state index is -0.503. The molecule has 0 saturated heterocycles. The van der Waals surface area contributed by atoms with Crippen molar-refractivity contribution < 1.29 is 9.53 Å². The minimum absolute atomic E-state index is 0. The Hall–Kier alpha value is -1.58. The van der Waals surface area contributed by atoms with Crippen molar-refractivity contribution in [2.45, 2.75) is 65.1 Å². The van der Waals surface area contributed by atoms with Crippen LogP contribution >= 0.6 is 24.0 Å². The molecule has 0 aliphatic heterocycles. The fourth-order valence-electron chi connectivity index (χ4n) is 2.26. The molecule has 0 aliphatic rings. The van der Waals surface area contributed by atoms with Crippen LogP contribution < -0.4 is 16.0 Å². The Morgan fingerprint density at radius 2 is 2.04 bits per heavy atom. The van der Waals surface area contributed by atoms with E-state index in [9.17, 15) is 4.79 Å². The third kappa shape index (κ3) is 12.4. The fourth-order valence-corrected chi connectivity index (χ4v) is 2.26. The molecular weight excluding hydrogens is 457 g/mol. The topological polar surface area (TPSA) is 87.6 Å². The summed E-state index contributed by atoms with van der Waals surface area (Å²) in [5.74, 6) is 0.683. The van der Waals surface area contributed by atoms with Gasteiger partial charge in [0.25, 0.3) is 0 Å². The zero-order valence-electron chi connectivity index (χ0n) is 17.0.